The Morgan fingerprint density at radius 2 is 1.78 bits per heavy atom. The van der Waals surface area contributed by atoms with Crippen LogP contribution in [0.3, 0.4) is 0 Å². The molecule has 3 aliphatic heterocycles. The van der Waals surface area contributed by atoms with E-state index in [-0.39, 0.29) is 30.1 Å². The van der Waals surface area contributed by atoms with Crippen LogP contribution in [0.25, 0.3) is 0 Å². The predicted molar refractivity (Wildman–Crippen MR) is 135 cm³/mol. The smallest absolute Gasteiger partial charge is 0.410 e. The number of imide groups is 2. The largest absolute Gasteiger partial charge is 0.444 e. The highest BCUT2D eigenvalue weighted by molar-refractivity contribution is 6.25. The van der Waals surface area contributed by atoms with Crippen LogP contribution in [0.2, 0.25) is 0 Å². The van der Waals surface area contributed by atoms with Crippen molar-refractivity contribution in [1.82, 2.24) is 20.0 Å². The van der Waals surface area contributed by atoms with Gasteiger partial charge in [0.25, 0.3) is 11.8 Å². The van der Waals surface area contributed by atoms with Crippen molar-refractivity contribution in [3.63, 3.8) is 0 Å². The van der Waals surface area contributed by atoms with Crippen molar-refractivity contribution < 1.29 is 28.7 Å². The molecule has 200 valence electrons. The molecular formula is C26H35N5O6. The summed E-state index contributed by atoms with van der Waals surface area (Å²) in [6, 6.07) is 4.08. The van der Waals surface area contributed by atoms with E-state index in [1.165, 1.54) is 0 Å². The summed E-state index contributed by atoms with van der Waals surface area (Å²) in [5.74, 6) is -2.04. The fraction of sp³-hybridized carbons (Fsp3) is 0.577. The number of carbonyl (C=O) groups excluding carboxylic acids is 5. The van der Waals surface area contributed by atoms with E-state index in [0.29, 0.717) is 25.3 Å². The molecule has 0 spiro atoms. The van der Waals surface area contributed by atoms with Crippen LogP contribution in [0.1, 0.15) is 67.2 Å². The Morgan fingerprint density at radius 1 is 1.05 bits per heavy atom. The number of unbranched alkanes of at least 4 members (excludes halogenated alkanes) is 1. The van der Waals surface area contributed by atoms with Gasteiger partial charge in [0.05, 0.1) is 11.1 Å². The SMILES string of the molecule is CC(C)(C)OC(=O)N1CCN(CCCCNc2cccc3c2C(=O)N(C2CCC(=O)NC2=O)C3=O)CC1. The van der Waals surface area contributed by atoms with Gasteiger partial charge in [-0.05, 0) is 58.7 Å². The second-order valence-corrected chi connectivity index (χ2v) is 10.6. The first-order valence-corrected chi connectivity index (χ1v) is 12.8. The Labute approximate surface area is 216 Å². The molecule has 2 N–H and O–H groups in total. The summed E-state index contributed by atoms with van der Waals surface area (Å²) in [5.41, 5.74) is 0.607. The number of nitrogens with zero attached hydrogens (tertiary/aromatic N) is 3. The third-order valence-electron chi connectivity index (χ3n) is 6.71. The van der Waals surface area contributed by atoms with Crippen LogP contribution in [0.4, 0.5) is 10.5 Å². The summed E-state index contributed by atoms with van der Waals surface area (Å²) in [6.07, 6.45) is 1.74. The van der Waals surface area contributed by atoms with Crippen LogP contribution in [0.5, 0.6) is 0 Å². The Morgan fingerprint density at radius 3 is 2.46 bits per heavy atom. The number of carbonyl (C=O) groups is 5. The molecule has 1 atom stereocenters. The molecule has 3 aliphatic rings. The van der Waals surface area contributed by atoms with Crippen molar-refractivity contribution in [2.75, 3.05) is 44.6 Å². The molecule has 4 rings (SSSR count). The lowest BCUT2D eigenvalue weighted by Gasteiger charge is -2.35. The number of rotatable bonds is 7. The average molecular weight is 514 g/mol. The number of nitrogens with one attached hydrogen (secondary N) is 2. The van der Waals surface area contributed by atoms with Crippen molar-refractivity contribution in [3.05, 3.63) is 29.3 Å². The normalized spacial score (nSPS) is 20.7. The number of amides is 5. The first kappa shape index (κ1) is 26.6. The Bertz CT molecular complexity index is 1090. The minimum absolute atomic E-state index is 0.0883. The number of piperidine rings is 1. The van der Waals surface area contributed by atoms with Crippen LogP contribution >= 0.6 is 0 Å². The minimum Gasteiger partial charge on any atom is -0.444 e. The summed E-state index contributed by atoms with van der Waals surface area (Å²) in [4.78, 5) is 67.1. The van der Waals surface area contributed by atoms with E-state index in [1.807, 2.05) is 20.8 Å². The molecule has 37 heavy (non-hydrogen) atoms. The van der Waals surface area contributed by atoms with Crippen LogP contribution in [0, 0.1) is 0 Å². The highest BCUT2D eigenvalue weighted by Gasteiger charge is 2.45. The predicted octanol–water partition coefficient (Wildman–Crippen LogP) is 1.83. The minimum atomic E-state index is -0.978. The van der Waals surface area contributed by atoms with Crippen molar-refractivity contribution in [2.24, 2.45) is 0 Å². The Hall–Kier alpha value is -3.47. The van der Waals surface area contributed by atoms with E-state index in [0.717, 1.165) is 37.4 Å². The fourth-order valence-electron chi connectivity index (χ4n) is 4.83. The van der Waals surface area contributed by atoms with Crippen molar-refractivity contribution >= 4 is 35.4 Å². The standard InChI is InChI=1S/C26H35N5O6/c1-26(2,3)37-25(36)30-15-13-29(14-16-30)12-5-4-11-27-18-8-6-7-17-21(18)24(35)31(23(17)34)19-9-10-20(32)28-22(19)33/h6-8,19,27H,4-5,9-16H2,1-3H3,(H,28,32,33). The zero-order chi connectivity index (χ0) is 26.7. The van der Waals surface area contributed by atoms with Crippen LogP contribution in [-0.4, -0.2) is 95.3 Å². The monoisotopic (exact) mass is 513 g/mol. The van der Waals surface area contributed by atoms with Gasteiger partial charge in [-0.1, -0.05) is 6.07 Å². The van der Waals surface area contributed by atoms with Crippen molar-refractivity contribution in [3.8, 4) is 0 Å². The molecule has 5 amide bonds. The maximum atomic E-state index is 13.2. The molecule has 0 aromatic heterocycles. The van der Waals surface area contributed by atoms with Gasteiger partial charge in [0.2, 0.25) is 11.8 Å². The molecule has 1 unspecified atom stereocenters. The molecule has 2 saturated heterocycles. The van der Waals surface area contributed by atoms with Crippen LogP contribution < -0.4 is 10.6 Å². The van der Waals surface area contributed by atoms with E-state index in [2.05, 4.69) is 15.5 Å². The molecule has 11 heteroatoms. The fourth-order valence-corrected chi connectivity index (χ4v) is 4.83. The molecule has 11 nitrogen and oxygen atoms in total. The zero-order valence-electron chi connectivity index (χ0n) is 21.7. The molecular weight excluding hydrogens is 478 g/mol. The maximum Gasteiger partial charge on any atom is 0.410 e. The highest BCUT2D eigenvalue weighted by atomic mass is 16.6. The summed E-state index contributed by atoms with van der Waals surface area (Å²) < 4.78 is 5.44. The second kappa shape index (κ2) is 10.9. The molecule has 2 fully saturated rings. The van der Waals surface area contributed by atoms with Gasteiger partial charge in [-0.25, -0.2) is 4.79 Å². The number of piperazine rings is 1. The van der Waals surface area contributed by atoms with E-state index in [4.69, 9.17) is 4.74 Å². The Kier molecular flexibility index (Phi) is 7.82. The maximum absolute atomic E-state index is 13.2. The lowest BCUT2D eigenvalue weighted by molar-refractivity contribution is -0.136. The zero-order valence-corrected chi connectivity index (χ0v) is 21.7. The summed E-state index contributed by atoms with van der Waals surface area (Å²) in [5, 5.41) is 5.49. The van der Waals surface area contributed by atoms with Gasteiger partial charge in [0, 0.05) is 44.8 Å². The number of anilines is 1. The topological polar surface area (TPSA) is 128 Å². The van der Waals surface area contributed by atoms with E-state index < -0.39 is 35.3 Å². The number of ether oxygens (including phenoxy) is 1. The average Bonchev–Trinajstić information content (AvgIpc) is 3.09. The lowest BCUT2D eigenvalue weighted by Crippen LogP contribution is -2.54. The number of fused-ring (bicyclic) bond motifs is 1. The molecule has 1 aromatic rings. The number of hydrogen-bond acceptors (Lipinski definition) is 8. The van der Waals surface area contributed by atoms with E-state index >= 15 is 0 Å². The van der Waals surface area contributed by atoms with Crippen LogP contribution in [0.15, 0.2) is 18.2 Å². The first-order chi connectivity index (χ1) is 17.5. The second-order valence-electron chi connectivity index (χ2n) is 10.6. The van der Waals surface area contributed by atoms with Gasteiger partial charge >= 0.3 is 6.09 Å². The van der Waals surface area contributed by atoms with Gasteiger partial charge in [-0.3, -0.25) is 34.3 Å². The van der Waals surface area contributed by atoms with Crippen molar-refractivity contribution in [2.45, 2.75) is 58.1 Å². The molecule has 0 saturated carbocycles. The van der Waals surface area contributed by atoms with Gasteiger partial charge in [0.15, 0.2) is 0 Å². The third-order valence-corrected chi connectivity index (χ3v) is 6.71. The molecule has 0 bridgehead atoms. The first-order valence-electron chi connectivity index (χ1n) is 12.8. The quantitative estimate of drug-likeness (QED) is 0.418. The lowest BCUT2D eigenvalue weighted by atomic mass is 10.0. The molecule has 1 aromatic carbocycles. The van der Waals surface area contributed by atoms with Crippen molar-refractivity contribution in [1.29, 1.82) is 0 Å². The summed E-state index contributed by atoms with van der Waals surface area (Å²) in [7, 11) is 0. The third kappa shape index (κ3) is 6.10. The number of hydrogen-bond donors (Lipinski definition) is 2. The molecule has 3 heterocycles. The van der Waals surface area contributed by atoms with E-state index in [1.54, 1.807) is 23.1 Å². The summed E-state index contributed by atoms with van der Waals surface area (Å²) in [6.45, 7) is 9.98. The van der Waals surface area contributed by atoms with Gasteiger partial charge < -0.3 is 15.0 Å². The van der Waals surface area contributed by atoms with Gasteiger partial charge in [-0.15, -0.1) is 0 Å². The number of benzene rings is 1. The molecule has 0 radical (unpaired) electrons. The summed E-state index contributed by atoms with van der Waals surface area (Å²) >= 11 is 0. The molecule has 0 aliphatic carbocycles. The Balaban J connectivity index is 1.24. The van der Waals surface area contributed by atoms with E-state index in [9.17, 15) is 24.0 Å². The highest BCUT2D eigenvalue weighted by Crippen LogP contribution is 2.32. The van der Waals surface area contributed by atoms with Gasteiger partial charge in [0.1, 0.15) is 11.6 Å². The van der Waals surface area contributed by atoms with Crippen LogP contribution in [-0.2, 0) is 14.3 Å². The van der Waals surface area contributed by atoms with Gasteiger partial charge in [-0.2, -0.15) is 0 Å².